The highest BCUT2D eigenvalue weighted by Gasteiger charge is 2.28. The van der Waals surface area contributed by atoms with Gasteiger partial charge >= 0.3 is 0 Å². The van der Waals surface area contributed by atoms with Gasteiger partial charge in [0.15, 0.2) is 0 Å². The van der Waals surface area contributed by atoms with Gasteiger partial charge in [-0.05, 0) is 43.4 Å². The lowest BCUT2D eigenvalue weighted by atomic mass is 9.77. The fraction of sp³-hybridized carbons (Fsp3) is 0.667. The summed E-state index contributed by atoms with van der Waals surface area (Å²) in [6.45, 7) is 5.37. The molecule has 2 nitrogen and oxygen atoms in total. The molecule has 0 spiro atoms. The van der Waals surface area contributed by atoms with E-state index in [0.717, 1.165) is 18.2 Å². The van der Waals surface area contributed by atoms with Crippen molar-refractivity contribution in [3.05, 3.63) is 29.8 Å². The van der Waals surface area contributed by atoms with Gasteiger partial charge in [-0.2, -0.15) is 0 Å². The maximum Gasteiger partial charge on any atom is 0.141 e. The molecule has 0 aromatic carbocycles. The second kappa shape index (κ2) is 6.28. The Balaban J connectivity index is 2.13. The van der Waals surface area contributed by atoms with Gasteiger partial charge in [0.05, 0.1) is 17.9 Å². The zero-order valence-corrected chi connectivity index (χ0v) is 11.3. The highest BCUT2D eigenvalue weighted by atomic mass is 19.1. The first kappa shape index (κ1) is 13.5. The van der Waals surface area contributed by atoms with Gasteiger partial charge in [0.25, 0.3) is 0 Å². The van der Waals surface area contributed by atoms with Crippen molar-refractivity contribution in [1.29, 1.82) is 0 Å². The number of rotatable bonds is 4. The normalized spacial score (nSPS) is 25.9. The Morgan fingerprint density at radius 3 is 2.89 bits per heavy atom. The molecule has 0 radical (unpaired) electrons. The van der Waals surface area contributed by atoms with E-state index >= 15 is 0 Å². The fourth-order valence-electron chi connectivity index (χ4n) is 3.09. The smallest absolute Gasteiger partial charge is 0.141 e. The van der Waals surface area contributed by atoms with E-state index in [0.29, 0.717) is 5.92 Å². The van der Waals surface area contributed by atoms with Gasteiger partial charge in [-0.25, -0.2) is 4.39 Å². The van der Waals surface area contributed by atoms with Crippen molar-refractivity contribution in [1.82, 2.24) is 10.3 Å². The van der Waals surface area contributed by atoms with E-state index in [1.54, 1.807) is 0 Å². The molecule has 100 valence electrons. The van der Waals surface area contributed by atoms with E-state index in [1.807, 2.05) is 6.07 Å². The predicted molar refractivity (Wildman–Crippen MR) is 71.7 cm³/mol. The van der Waals surface area contributed by atoms with Crippen LogP contribution in [-0.4, -0.2) is 11.5 Å². The molecule has 3 unspecified atom stereocenters. The quantitative estimate of drug-likeness (QED) is 0.881. The molecular weight excluding hydrogens is 227 g/mol. The summed E-state index contributed by atoms with van der Waals surface area (Å²) in [6.07, 6.45) is 6.46. The number of pyridine rings is 1. The molecule has 0 aliphatic heterocycles. The summed E-state index contributed by atoms with van der Waals surface area (Å²) in [5, 5.41) is 3.52. The summed E-state index contributed by atoms with van der Waals surface area (Å²) in [5.41, 5.74) is 0.984. The van der Waals surface area contributed by atoms with Crippen molar-refractivity contribution in [2.45, 2.75) is 45.6 Å². The molecule has 3 atom stereocenters. The Morgan fingerprint density at radius 2 is 2.28 bits per heavy atom. The highest BCUT2D eigenvalue weighted by molar-refractivity contribution is 5.11. The second-order valence-electron chi connectivity index (χ2n) is 5.47. The molecule has 1 aromatic heterocycles. The van der Waals surface area contributed by atoms with Crippen LogP contribution >= 0.6 is 0 Å². The third-order valence-corrected chi connectivity index (χ3v) is 3.94. The average Bonchev–Trinajstić information content (AvgIpc) is 2.37. The Kier molecular flexibility index (Phi) is 4.70. The van der Waals surface area contributed by atoms with Crippen LogP contribution in [0.3, 0.4) is 0 Å². The molecule has 1 N–H and O–H groups in total. The van der Waals surface area contributed by atoms with Crippen LogP contribution < -0.4 is 5.32 Å². The van der Waals surface area contributed by atoms with Gasteiger partial charge in [-0.15, -0.1) is 0 Å². The van der Waals surface area contributed by atoms with Crippen molar-refractivity contribution in [2.24, 2.45) is 11.8 Å². The van der Waals surface area contributed by atoms with Crippen LogP contribution in [0.25, 0.3) is 0 Å². The fourth-order valence-corrected chi connectivity index (χ4v) is 3.09. The monoisotopic (exact) mass is 250 g/mol. The third-order valence-electron chi connectivity index (χ3n) is 3.94. The summed E-state index contributed by atoms with van der Waals surface area (Å²) < 4.78 is 13.0. The Morgan fingerprint density at radius 1 is 1.44 bits per heavy atom. The van der Waals surface area contributed by atoms with Crippen LogP contribution in [-0.2, 0) is 0 Å². The summed E-state index contributed by atoms with van der Waals surface area (Å²) in [5.74, 6) is 1.17. The van der Waals surface area contributed by atoms with Gasteiger partial charge in [-0.3, -0.25) is 4.98 Å². The van der Waals surface area contributed by atoms with E-state index < -0.39 is 0 Å². The number of nitrogens with one attached hydrogen (secondary N) is 1. The number of nitrogens with zero attached hydrogens (tertiary/aromatic N) is 1. The molecule has 1 heterocycles. The zero-order valence-electron chi connectivity index (χ0n) is 11.3. The predicted octanol–water partition coefficient (Wildman–Crippen LogP) is 3.70. The maximum absolute atomic E-state index is 13.0. The number of halogens is 1. The molecule has 1 aromatic rings. The first-order valence-electron chi connectivity index (χ1n) is 7.05. The van der Waals surface area contributed by atoms with Crippen molar-refractivity contribution in [2.75, 3.05) is 6.54 Å². The lowest BCUT2D eigenvalue weighted by Crippen LogP contribution is -2.31. The summed E-state index contributed by atoms with van der Waals surface area (Å²) in [4.78, 5) is 4.26. The SMILES string of the molecule is CCNC(c1ccc(F)cn1)C1CCCC(C)C1. The Labute approximate surface area is 109 Å². The summed E-state index contributed by atoms with van der Waals surface area (Å²) in [6, 6.07) is 3.61. The highest BCUT2D eigenvalue weighted by Crippen LogP contribution is 2.36. The van der Waals surface area contributed by atoms with Gasteiger partial charge in [0.1, 0.15) is 5.82 Å². The molecule has 1 aliphatic carbocycles. The summed E-state index contributed by atoms with van der Waals surface area (Å²) >= 11 is 0. The van der Waals surface area contributed by atoms with Crippen LogP contribution in [0.15, 0.2) is 18.3 Å². The first-order valence-corrected chi connectivity index (χ1v) is 7.05. The molecule has 18 heavy (non-hydrogen) atoms. The van der Waals surface area contributed by atoms with Crippen molar-refractivity contribution >= 4 is 0 Å². The van der Waals surface area contributed by atoms with Gasteiger partial charge < -0.3 is 5.32 Å². The first-order chi connectivity index (χ1) is 8.70. The minimum atomic E-state index is -0.258. The van der Waals surface area contributed by atoms with Crippen LogP contribution in [0.5, 0.6) is 0 Å². The third kappa shape index (κ3) is 3.29. The zero-order chi connectivity index (χ0) is 13.0. The molecule has 1 fully saturated rings. The van der Waals surface area contributed by atoms with Gasteiger partial charge in [0.2, 0.25) is 0 Å². The Bertz CT molecular complexity index is 363. The van der Waals surface area contributed by atoms with Gasteiger partial charge in [-0.1, -0.05) is 26.7 Å². The molecule has 2 rings (SSSR count). The van der Waals surface area contributed by atoms with Crippen LogP contribution in [0.1, 0.15) is 51.3 Å². The van der Waals surface area contributed by atoms with Crippen LogP contribution in [0.4, 0.5) is 4.39 Å². The second-order valence-corrected chi connectivity index (χ2v) is 5.47. The van der Waals surface area contributed by atoms with Crippen LogP contribution in [0, 0.1) is 17.7 Å². The minimum absolute atomic E-state index is 0.258. The molecule has 1 saturated carbocycles. The lowest BCUT2D eigenvalue weighted by Gasteiger charge is -2.33. The van der Waals surface area contributed by atoms with Crippen molar-refractivity contribution in [3.8, 4) is 0 Å². The van der Waals surface area contributed by atoms with E-state index in [2.05, 4.69) is 24.1 Å². The van der Waals surface area contributed by atoms with E-state index in [1.165, 1.54) is 37.9 Å². The topological polar surface area (TPSA) is 24.9 Å². The van der Waals surface area contributed by atoms with Crippen molar-refractivity contribution < 1.29 is 4.39 Å². The number of hydrogen-bond donors (Lipinski definition) is 1. The molecular formula is C15H23FN2. The van der Waals surface area contributed by atoms with E-state index in [4.69, 9.17) is 0 Å². The number of aromatic nitrogens is 1. The largest absolute Gasteiger partial charge is 0.309 e. The molecule has 0 saturated heterocycles. The standard InChI is InChI=1S/C15H23FN2/c1-3-17-15(12-6-4-5-11(2)9-12)14-8-7-13(16)10-18-14/h7-8,10-12,15,17H,3-6,9H2,1-2H3. The average molecular weight is 250 g/mol. The molecule has 0 amide bonds. The maximum atomic E-state index is 13.0. The van der Waals surface area contributed by atoms with E-state index in [-0.39, 0.29) is 11.9 Å². The number of hydrogen-bond acceptors (Lipinski definition) is 2. The Hall–Kier alpha value is -0.960. The molecule has 1 aliphatic rings. The molecule has 3 heteroatoms. The van der Waals surface area contributed by atoms with Crippen molar-refractivity contribution in [3.63, 3.8) is 0 Å². The van der Waals surface area contributed by atoms with E-state index in [9.17, 15) is 4.39 Å². The minimum Gasteiger partial charge on any atom is -0.309 e. The van der Waals surface area contributed by atoms with Crippen LogP contribution in [0.2, 0.25) is 0 Å². The van der Waals surface area contributed by atoms with Gasteiger partial charge in [0, 0.05) is 0 Å². The summed E-state index contributed by atoms with van der Waals surface area (Å²) in [7, 11) is 0. The molecule has 0 bridgehead atoms. The lowest BCUT2D eigenvalue weighted by molar-refractivity contribution is 0.222.